The number of Topliss-reactive ketones (excluding diaryl/α,β-unsaturated/α-hetero) is 2. The molecule has 0 heterocycles. The van der Waals surface area contributed by atoms with E-state index in [-0.39, 0.29) is 11.6 Å². The molecule has 21 heavy (non-hydrogen) atoms. The molecular formula is C19H26O2. The van der Waals surface area contributed by atoms with Crippen molar-refractivity contribution in [3.63, 3.8) is 0 Å². The van der Waals surface area contributed by atoms with Gasteiger partial charge in [-0.05, 0) is 68.6 Å². The van der Waals surface area contributed by atoms with Crippen LogP contribution in [0, 0.1) is 28.6 Å². The molecule has 0 aliphatic heterocycles. The minimum atomic E-state index is -0.456. The lowest BCUT2D eigenvalue weighted by Gasteiger charge is -2.56. The van der Waals surface area contributed by atoms with Gasteiger partial charge in [0.05, 0.1) is 5.41 Å². The highest BCUT2D eigenvalue weighted by Gasteiger charge is 2.59. The zero-order valence-corrected chi connectivity index (χ0v) is 13.3. The zero-order chi connectivity index (χ0) is 14.8. The van der Waals surface area contributed by atoms with Crippen molar-refractivity contribution >= 4 is 11.6 Å². The summed E-state index contributed by atoms with van der Waals surface area (Å²) in [7, 11) is 0. The molecular weight excluding hydrogens is 260 g/mol. The van der Waals surface area contributed by atoms with Gasteiger partial charge in [0.1, 0.15) is 0 Å². The van der Waals surface area contributed by atoms with E-state index in [1.54, 1.807) is 0 Å². The number of hydrogen-bond donors (Lipinski definition) is 0. The van der Waals surface area contributed by atoms with E-state index in [0.717, 1.165) is 18.8 Å². The molecule has 4 rings (SSSR count). The van der Waals surface area contributed by atoms with Crippen LogP contribution in [0.15, 0.2) is 11.6 Å². The average Bonchev–Trinajstić information content (AvgIpc) is 2.86. The Balaban J connectivity index is 1.75. The van der Waals surface area contributed by atoms with Crippen molar-refractivity contribution in [2.24, 2.45) is 28.6 Å². The van der Waals surface area contributed by atoms with Gasteiger partial charge in [-0.15, -0.1) is 0 Å². The Kier molecular flexibility index (Phi) is 2.81. The van der Waals surface area contributed by atoms with Crippen LogP contribution in [0.1, 0.15) is 65.2 Å². The molecule has 0 radical (unpaired) electrons. The fourth-order valence-corrected chi connectivity index (χ4v) is 6.45. The third kappa shape index (κ3) is 1.65. The van der Waals surface area contributed by atoms with Crippen molar-refractivity contribution in [2.45, 2.75) is 65.2 Å². The Bertz CT molecular complexity index is 546. The molecule has 0 spiro atoms. The van der Waals surface area contributed by atoms with Crippen molar-refractivity contribution in [1.82, 2.24) is 0 Å². The SMILES string of the molecule is C[C@@]12CCC[C@H]1[C@@H]1CCC3=CCC(=O)C(=O)[C@]3(C)[C@@H]1CC2. The molecule has 0 N–H and O–H groups in total. The summed E-state index contributed by atoms with van der Waals surface area (Å²) in [5, 5.41) is 0. The minimum Gasteiger partial charge on any atom is -0.291 e. The fraction of sp³-hybridized carbons (Fsp3) is 0.789. The minimum absolute atomic E-state index is 0.0729. The molecule has 2 nitrogen and oxygen atoms in total. The van der Waals surface area contributed by atoms with E-state index in [0.29, 0.717) is 23.7 Å². The summed E-state index contributed by atoms with van der Waals surface area (Å²) in [6.45, 7) is 4.56. The van der Waals surface area contributed by atoms with E-state index in [9.17, 15) is 9.59 Å². The molecule has 0 aromatic heterocycles. The predicted molar refractivity (Wildman–Crippen MR) is 81.7 cm³/mol. The summed E-state index contributed by atoms with van der Waals surface area (Å²) in [5.74, 6) is 1.66. The number of hydrogen-bond acceptors (Lipinski definition) is 2. The Morgan fingerprint density at radius 2 is 1.86 bits per heavy atom. The molecule has 0 saturated heterocycles. The van der Waals surface area contributed by atoms with Crippen molar-refractivity contribution in [3.8, 4) is 0 Å². The number of carbonyl (C=O) groups is 2. The molecule has 5 atom stereocenters. The van der Waals surface area contributed by atoms with E-state index in [2.05, 4.69) is 19.9 Å². The number of rotatable bonds is 0. The van der Waals surface area contributed by atoms with Crippen LogP contribution in [0.2, 0.25) is 0 Å². The van der Waals surface area contributed by atoms with Crippen molar-refractivity contribution in [2.75, 3.05) is 0 Å². The second kappa shape index (κ2) is 4.30. The largest absolute Gasteiger partial charge is 0.291 e. The lowest BCUT2D eigenvalue weighted by Crippen LogP contribution is -2.54. The summed E-state index contributed by atoms with van der Waals surface area (Å²) in [4.78, 5) is 24.7. The second-order valence-electron chi connectivity index (χ2n) is 8.39. The summed E-state index contributed by atoms with van der Waals surface area (Å²) in [5.41, 5.74) is 1.35. The maximum atomic E-state index is 12.7. The number of carbonyl (C=O) groups excluding carboxylic acids is 2. The number of fused-ring (bicyclic) bond motifs is 5. The van der Waals surface area contributed by atoms with Crippen LogP contribution >= 0.6 is 0 Å². The molecule has 0 amide bonds. The molecule has 0 aromatic carbocycles. The normalized spacial score (nSPS) is 49.2. The molecule has 2 heteroatoms. The van der Waals surface area contributed by atoms with Crippen LogP contribution in [0.25, 0.3) is 0 Å². The van der Waals surface area contributed by atoms with Crippen LogP contribution in [-0.4, -0.2) is 11.6 Å². The predicted octanol–water partition coefficient (Wildman–Crippen LogP) is 4.09. The van der Waals surface area contributed by atoms with E-state index >= 15 is 0 Å². The summed E-state index contributed by atoms with van der Waals surface area (Å²) in [6, 6.07) is 0. The Morgan fingerprint density at radius 3 is 2.67 bits per heavy atom. The molecule has 114 valence electrons. The third-order valence-corrected chi connectivity index (χ3v) is 7.63. The average molecular weight is 286 g/mol. The van der Waals surface area contributed by atoms with Gasteiger partial charge >= 0.3 is 0 Å². The van der Waals surface area contributed by atoms with Crippen LogP contribution in [0.3, 0.4) is 0 Å². The summed E-state index contributed by atoms with van der Waals surface area (Å²) < 4.78 is 0. The molecule has 0 unspecified atom stereocenters. The summed E-state index contributed by atoms with van der Waals surface area (Å²) in [6.07, 6.45) is 11.2. The van der Waals surface area contributed by atoms with Gasteiger partial charge in [0.25, 0.3) is 0 Å². The smallest absolute Gasteiger partial charge is 0.208 e. The van der Waals surface area contributed by atoms with Crippen molar-refractivity contribution < 1.29 is 9.59 Å². The fourth-order valence-electron chi connectivity index (χ4n) is 6.45. The lowest BCUT2D eigenvalue weighted by atomic mass is 9.47. The van der Waals surface area contributed by atoms with E-state index in [1.165, 1.54) is 37.7 Å². The highest BCUT2D eigenvalue weighted by molar-refractivity contribution is 6.41. The monoisotopic (exact) mass is 286 g/mol. The molecule has 4 aliphatic carbocycles. The molecule has 3 saturated carbocycles. The highest BCUT2D eigenvalue weighted by atomic mass is 16.2. The maximum absolute atomic E-state index is 12.7. The van der Waals surface area contributed by atoms with Crippen molar-refractivity contribution in [1.29, 1.82) is 0 Å². The van der Waals surface area contributed by atoms with Gasteiger partial charge in [-0.3, -0.25) is 9.59 Å². The van der Waals surface area contributed by atoms with E-state index < -0.39 is 5.41 Å². The van der Waals surface area contributed by atoms with Gasteiger partial charge in [-0.25, -0.2) is 0 Å². The Labute approximate surface area is 127 Å². The van der Waals surface area contributed by atoms with Gasteiger partial charge in [0.15, 0.2) is 0 Å². The van der Waals surface area contributed by atoms with E-state index in [1.807, 2.05) is 0 Å². The van der Waals surface area contributed by atoms with Crippen LogP contribution in [0.4, 0.5) is 0 Å². The van der Waals surface area contributed by atoms with Crippen LogP contribution < -0.4 is 0 Å². The first-order valence-corrected chi connectivity index (χ1v) is 8.74. The standard InChI is InChI=1S/C19H26O2/c1-18-10-3-4-14(18)13-7-5-12-6-8-16(20)17(21)19(12,2)15(13)9-11-18/h6,13-15H,3-5,7-11H2,1-2H3/t13-,14-,15+,18-,19-/m0/s1. The Morgan fingerprint density at radius 1 is 1.05 bits per heavy atom. The zero-order valence-electron chi connectivity index (χ0n) is 13.3. The third-order valence-electron chi connectivity index (χ3n) is 7.63. The topological polar surface area (TPSA) is 34.1 Å². The maximum Gasteiger partial charge on any atom is 0.208 e. The molecule has 0 aromatic rings. The Hall–Kier alpha value is -0.920. The van der Waals surface area contributed by atoms with Crippen molar-refractivity contribution in [3.05, 3.63) is 11.6 Å². The van der Waals surface area contributed by atoms with Gasteiger partial charge in [-0.2, -0.15) is 0 Å². The lowest BCUT2D eigenvalue weighted by molar-refractivity contribution is -0.147. The van der Waals surface area contributed by atoms with Crippen LogP contribution in [0.5, 0.6) is 0 Å². The second-order valence-corrected chi connectivity index (χ2v) is 8.39. The quantitative estimate of drug-likeness (QED) is 0.496. The van der Waals surface area contributed by atoms with Gasteiger partial charge in [0.2, 0.25) is 11.6 Å². The van der Waals surface area contributed by atoms with Gasteiger partial charge < -0.3 is 0 Å². The first kappa shape index (κ1) is 13.7. The molecule has 4 aliphatic rings. The number of allylic oxidation sites excluding steroid dienone is 2. The number of ketones is 2. The first-order valence-electron chi connectivity index (χ1n) is 8.74. The first-order chi connectivity index (χ1) is 9.97. The summed E-state index contributed by atoms with van der Waals surface area (Å²) >= 11 is 0. The van der Waals surface area contributed by atoms with Crippen LogP contribution in [-0.2, 0) is 9.59 Å². The highest BCUT2D eigenvalue weighted by Crippen LogP contribution is 2.64. The van der Waals surface area contributed by atoms with Gasteiger partial charge in [0, 0.05) is 6.42 Å². The van der Waals surface area contributed by atoms with Gasteiger partial charge in [-0.1, -0.05) is 25.0 Å². The molecule has 3 fully saturated rings. The molecule has 0 bridgehead atoms. The van der Waals surface area contributed by atoms with E-state index in [4.69, 9.17) is 0 Å².